The van der Waals surface area contributed by atoms with Crippen molar-refractivity contribution in [2.24, 2.45) is 0 Å². The van der Waals surface area contributed by atoms with E-state index in [4.69, 9.17) is 14.5 Å². The lowest BCUT2D eigenvalue weighted by Gasteiger charge is -2.25. The number of rotatable bonds is 4. The first-order valence-electron chi connectivity index (χ1n) is 11.8. The Bertz CT molecular complexity index is 1640. The SMILES string of the molecule is COC(=O)N1CCc2c(sc(NC(=O)c3cc4ccccc4cc3OC)c2-c2nc3ccccc3s2)C1. The van der Waals surface area contributed by atoms with Gasteiger partial charge in [0.05, 0.1) is 36.5 Å². The van der Waals surface area contributed by atoms with Crippen molar-refractivity contribution in [2.75, 3.05) is 26.1 Å². The molecule has 3 aromatic carbocycles. The van der Waals surface area contributed by atoms with Crippen molar-refractivity contribution >= 4 is 60.7 Å². The fourth-order valence-corrected chi connectivity index (χ4v) is 7.09. The number of aromatic nitrogens is 1. The maximum atomic E-state index is 13.6. The second kappa shape index (κ2) is 9.49. The van der Waals surface area contributed by atoms with Crippen molar-refractivity contribution in [1.29, 1.82) is 0 Å². The van der Waals surface area contributed by atoms with Crippen LogP contribution < -0.4 is 10.1 Å². The molecule has 0 saturated heterocycles. The molecule has 0 atom stereocenters. The highest BCUT2D eigenvalue weighted by atomic mass is 32.1. The van der Waals surface area contributed by atoms with Gasteiger partial charge in [-0.15, -0.1) is 22.7 Å². The van der Waals surface area contributed by atoms with Crippen molar-refractivity contribution in [1.82, 2.24) is 9.88 Å². The number of thiophene rings is 1. The fourth-order valence-electron chi connectivity index (χ4n) is 4.72. The van der Waals surface area contributed by atoms with Crippen LogP contribution in [0.4, 0.5) is 9.80 Å². The van der Waals surface area contributed by atoms with Crippen LogP contribution in [-0.2, 0) is 17.7 Å². The Balaban J connectivity index is 1.44. The molecule has 0 unspecified atom stereocenters. The summed E-state index contributed by atoms with van der Waals surface area (Å²) < 4.78 is 11.6. The predicted molar refractivity (Wildman–Crippen MR) is 148 cm³/mol. The van der Waals surface area contributed by atoms with E-state index in [0.29, 0.717) is 30.8 Å². The van der Waals surface area contributed by atoms with Gasteiger partial charge in [-0.1, -0.05) is 36.4 Å². The summed E-state index contributed by atoms with van der Waals surface area (Å²) in [6.45, 7) is 0.972. The average molecular weight is 530 g/mol. The van der Waals surface area contributed by atoms with Crippen LogP contribution in [-0.4, -0.2) is 42.6 Å². The number of amides is 2. The maximum Gasteiger partial charge on any atom is 0.409 e. The zero-order chi connectivity index (χ0) is 25.5. The summed E-state index contributed by atoms with van der Waals surface area (Å²) >= 11 is 3.08. The molecule has 0 fully saturated rings. The van der Waals surface area contributed by atoms with Gasteiger partial charge in [0.25, 0.3) is 5.91 Å². The van der Waals surface area contributed by atoms with Crippen LogP contribution in [0.3, 0.4) is 0 Å². The van der Waals surface area contributed by atoms with Crippen LogP contribution in [0.15, 0.2) is 60.7 Å². The second-order valence-electron chi connectivity index (χ2n) is 8.69. The summed E-state index contributed by atoms with van der Waals surface area (Å²) in [5.41, 5.74) is 3.42. The summed E-state index contributed by atoms with van der Waals surface area (Å²) in [6.07, 6.45) is 0.300. The molecule has 6 rings (SSSR count). The zero-order valence-corrected chi connectivity index (χ0v) is 21.9. The third kappa shape index (κ3) is 4.20. The largest absolute Gasteiger partial charge is 0.496 e. The van der Waals surface area contributed by atoms with E-state index >= 15 is 0 Å². The van der Waals surface area contributed by atoms with Gasteiger partial charge in [-0.25, -0.2) is 9.78 Å². The van der Waals surface area contributed by atoms with Crippen LogP contribution in [0.1, 0.15) is 20.8 Å². The van der Waals surface area contributed by atoms with E-state index in [-0.39, 0.29) is 12.0 Å². The number of para-hydroxylation sites is 1. The third-order valence-electron chi connectivity index (χ3n) is 6.54. The van der Waals surface area contributed by atoms with Gasteiger partial charge >= 0.3 is 6.09 Å². The minimum Gasteiger partial charge on any atom is -0.496 e. The normalized spacial score (nSPS) is 13.0. The van der Waals surface area contributed by atoms with E-state index in [1.165, 1.54) is 18.4 Å². The Kier molecular flexibility index (Phi) is 6.02. The number of anilines is 1. The number of hydrogen-bond donors (Lipinski definition) is 1. The van der Waals surface area contributed by atoms with Crippen LogP contribution >= 0.6 is 22.7 Å². The topological polar surface area (TPSA) is 80.8 Å². The number of fused-ring (bicyclic) bond motifs is 3. The molecular weight excluding hydrogens is 506 g/mol. The summed E-state index contributed by atoms with van der Waals surface area (Å²) in [5, 5.41) is 6.69. The first-order chi connectivity index (χ1) is 18.1. The van der Waals surface area contributed by atoms with E-state index in [2.05, 4.69) is 5.32 Å². The van der Waals surface area contributed by atoms with Gasteiger partial charge in [0.1, 0.15) is 15.8 Å². The van der Waals surface area contributed by atoms with Gasteiger partial charge in [0.2, 0.25) is 0 Å². The van der Waals surface area contributed by atoms with Gasteiger partial charge in [0, 0.05) is 17.0 Å². The minimum absolute atomic E-state index is 0.256. The molecular formula is C28H23N3O4S2. The lowest BCUT2D eigenvalue weighted by atomic mass is 10.0. The molecule has 2 amide bonds. The Morgan fingerprint density at radius 1 is 1.00 bits per heavy atom. The Labute approximate surface area is 221 Å². The summed E-state index contributed by atoms with van der Waals surface area (Å²) in [5.74, 6) is 0.254. The molecule has 2 aromatic heterocycles. The quantitative estimate of drug-likeness (QED) is 0.285. The molecule has 0 saturated carbocycles. The standard InChI is InChI=1S/C28H23N3O4S2/c1-34-21-14-17-8-4-3-7-16(17)13-19(21)25(32)30-27-24(26-29-20-9-5-6-10-22(20)36-26)18-11-12-31(28(33)35-2)15-23(18)37-27/h3-10,13-14H,11-12,15H2,1-2H3,(H,30,32). The minimum atomic E-state index is -0.355. The molecule has 0 aliphatic carbocycles. The third-order valence-corrected chi connectivity index (χ3v) is 8.72. The van der Waals surface area contributed by atoms with Gasteiger partial charge in [-0.3, -0.25) is 4.79 Å². The number of thiazole rings is 1. The van der Waals surface area contributed by atoms with E-state index in [1.54, 1.807) is 23.3 Å². The van der Waals surface area contributed by atoms with Crippen molar-refractivity contribution in [3.8, 4) is 16.3 Å². The van der Waals surface area contributed by atoms with E-state index in [0.717, 1.165) is 47.0 Å². The molecule has 37 heavy (non-hydrogen) atoms. The molecule has 1 aliphatic heterocycles. The molecule has 3 heterocycles. The predicted octanol–water partition coefficient (Wildman–Crippen LogP) is 6.56. The smallest absolute Gasteiger partial charge is 0.409 e. The molecule has 186 valence electrons. The summed E-state index contributed by atoms with van der Waals surface area (Å²) in [7, 11) is 2.96. The number of methoxy groups -OCH3 is 2. The van der Waals surface area contributed by atoms with Crippen LogP contribution in [0.25, 0.3) is 31.6 Å². The molecule has 1 N–H and O–H groups in total. The van der Waals surface area contributed by atoms with Gasteiger partial charge in [-0.2, -0.15) is 0 Å². The van der Waals surface area contributed by atoms with Crippen LogP contribution in [0, 0.1) is 0 Å². The first kappa shape index (κ1) is 23.4. The van der Waals surface area contributed by atoms with Crippen LogP contribution in [0.2, 0.25) is 0 Å². The molecule has 0 bridgehead atoms. The number of nitrogens with one attached hydrogen (secondary N) is 1. The Hall–Kier alpha value is -3.95. The first-order valence-corrected chi connectivity index (χ1v) is 13.4. The molecule has 7 nitrogen and oxygen atoms in total. The monoisotopic (exact) mass is 529 g/mol. The number of carbonyl (C=O) groups is 2. The zero-order valence-electron chi connectivity index (χ0n) is 20.2. The highest BCUT2D eigenvalue weighted by Gasteiger charge is 2.30. The average Bonchev–Trinajstić information content (AvgIpc) is 3.51. The second-order valence-corrected chi connectivity index (χ2v) is 10.8. The van der Waals surface area contributed by atoms with Crippen molar-refractivity contribution in [2.45, 2.75) is 13.0 Å². The van der Waals surface area contributed by atoms with Crippen molar-refractivity contribution < 1.29 is 19.1 Å². The molecule has 0 radical (unpaired) electrons. The number of hydrogen-bond acceptors (Lipinski definition) is 7. The number of benzene rings is 3. The lowest BCUT2D eigenvalue weighted by Crippen LogP contribution is -2.35. The van der Waals surface area contributed by atoms with E-state index < -0.39 is 0 Å². The molecule has 9 heteroatoms. The van der Waals surface area contributed by atoms with E-state index in [1.807, 2.05) is 60.7 Å². The molecule has 1 aliphatic rings. The lowest BCUT2D eigenvalue weighted by molar-refractivity contribution is 0.102. The number of ether oxygens (including phenoxy) is 2. The van der Waals surface area contributed by atoms with Crippen LogP contribution in [0.5, 0.6) is 5.75 Å². The van der Waals surface area contributed by atoms with Crippen molar-refractivity contribution in [3.63, 3.8) is 0 Å². The summed E-state index contributed by atoms with van der Waals surface area (Å²) in [6, 6.07) is 19.6. The number of nitrogens with zero attached hydrogens (tertiary/aromatic N) is 2. The van der Waals surface area contributed by atoms with Gasteiger partial charge < -0.3 is 19.7 Å². The number of carbonyl (C=O) groups excluding carboxylic acids is 2. The highest BCUT2D eigenvalue weighted by Crippen LogP contribution is 2.46. The fraction of sp³-hybridized carbons (Fsp3) is 0.179. The van der Waals surface area contributed by atoms with E-state index in [9.17, 15) is 9.59 Å². The maximum absolute atomic E-state index is 13.6. The summed E-state index contributed by atoms with van der Waals surface area (Å²) in [4.78, 5) is 33.4. The Morgan fingerprint density at radius 2 is 1.76 bits per heavy atom. The van der Waals surface area contributed by atoms with Gasteiger partial charge in [0.15, 0.2) is 0 Å². The van der Waals surface area contributed by atoms with Gasteiger partial charge in [-0.05, 0) is 47.0 Å². The van der Waals surface area contributed by atoms with Crippen molar-refractivity contribution in [3.05, 3.63) is 76.7 Å². The highest BCUT2D eigenvalue weighted by molar-refractivity contribution is 7.23. The Morgan fingerprint density at radius 3 is 2.51 bits per heavy atom. The molecule has 0 spiro atoms. The molecule has 5 aromatic rings.